The molecule has 1 aliphatic carbocycles. The lowest BCUT2D eigenvalue weighted by atomic mass is 9.87. The van der Waals surface area contributed by atoms with Gasteiger partial charge in [0.2, 0.25) is 11.8 Å². The number of rotatable bonds is 9. The van der Waals surface area contributed by atoms with Gasteiger partial charge in [0, 0.05) is 18.9 Å². The molecule has 1 saturated carbocycles. The van der Waals surface area contributed by atoms with Gasteiger partial charge >= 0.3 is 5.97 Å². The number of carbonyl (C=O) groups is 3. The van der Waals surface area contributed by atoms with Crippen LogP contribution in [0.15, 0.2) is 97.1 Å². The van der Waals surface area contributed by atoms with Crippen molar-refractivity contribution in [3.63, 3.8) is 0 Å². The van der Waals surface area contributed by atoms with Gasteiger partial charge in [-0.3, -0.25) is 9.59 Å². The number of nitrogens with one attached hydrogen (secondary N) is 1. The Labute approximate surface area is 282 Å². The lowest BCUT2D eigenvalue weighted by Gasteiger charge is -2.38. The summed E-state index contributed by atoms with van der Waals surface area (Å²) in [5.41, 5.74) is 5.71. The fraction of sp³-hybridized carbons (Fsp3) is 0.341. The fourth-order valence-corrected chi connectivity index (χ4v) is 6.89. The number of carboxylic acids is 1. The fourth-order valence-electron chi connectivity index (χ4n) is 6.89. The summed E-state index contributed by atoms with van der Waals surface area (Å²) in [5.74, 6) is -0.563. The van der Waals surface area contributed by atoms with E-state index >= 15 is 0 Å². The van der Waals surface area contributed by atoms with Crippen molar-refractivity contribution in [2.45, 2.75) is 76.8 Å². The molecule has 7 heteroatoms. The first-order valence-corrected chi connectivity index (χ1v) is 17.0. The molecule has 0 aromatic heterocycles. The maximum atomic E-state index is 14.2. The van der Waals surface area contributed by atoms with Crippen LogP contribution < -0.4 is 10.1 Å². The molecule has 0 bridgehead atoms. The van der Waals surface area contributed by atoms with Crippen LogP contribution in [0.2, 0.25) is 0 Å². The summed E-state index contributed by atoms with van der Waals surface area (Å²) in [4.78, 5) is 42.3. The molecule has 2 aliphatic rings. The minimum absolute atomic E-state index is 0.0136. The van der Waals surface area contributed by atoms with E-state index in [0.29, 0.717) is 30.0 Å². The van der Waals surface area contributed by atoms with Crippen LogP contribution in [0, 0.1) is 5.92 Å². The molecule has 1 heterocycles. The predicted octanol–water partition coefficient (Wildman–Crippen LogP) is 7.87. The van der Waals surface area contributed by atoms with Crippen molar-refractivity contribution in [3.8, 4) is 22.6 Å². The van der Waals surface area contributed by atoms with Gasteiger partial charge in [-0.25, -0.2) is 4.79 Å². The van der Waals surface area contributed by atoms with Gasteiger partial charge in [0.1, 0.15) is 23.6 Å². The van der Waals surface area contributed by atoms with Gasteiger partial charge in [0.25, 0.3) is 0 Å². The van der Waals surface area contributed by atoms with Crippen molar-refractivity contribution in [1.29, 1.82) is 0 Å². The van der Waals surface area contributed by atoms with Crippen molar-refractivity contribution >= 4 is 17.8 Å². The lowest BCUT2D eigenvalue weighted by molar-refractivity contribution is -0.147. The average Bonchev–Trinajstić information content (AvgIpc) is 3.63. The van der Waals surface area contributed by atoms with E-state index in [2.05, 4.69) is 26.1 Å². The predicted molar refractivity (Wildman–Crippen MR) is 187 cm³/mol. The van der Waals surface area contributed by atoms with E-state index in [1.807, 2.05) is 97.1 Å². The van der Waals surface area contributed by atoms with Gasteiger partial charge < -0.3 is 20.1 Å². The number of hydrogen-bond donors (Lipinski definition) is 2. The largest absolute Gasteiger partial charge is 0.480 e. The third-order valence-electron chi connectivity index (χ3n) is 9.65. The minimum atomic E-state index is -1.17. The number of carbonyl (C=O) groups excluding carboxylic acids is 2. The van der Waals surface area contributed by atoms with E-state index in [9.17, 15) is 19.5 Å². The number of benzene rings is 4. The average molecular weight is 645 g/mol. The zero-order valence-corrected chi connectivity index (χ0v) is 27.9. The first-order valence-electron chi connectivity index (χ1n) is 17.0. The zero-order chi connectivity index (χ0) is 33.8. The van der Waals surface area contributed by atoms with E-state index in [1.54, 1.807) is 4.90 Å². The number of carboxylic acid groups (broad SMARTS) is 1. The van der Waals surface area contributed by atoms with Gasteiger partial charge in [-0.05, 0) is 82.3 Å². The van der Waals surface area contributed by atoms with Crippen LogP contribution >= 0.6 is 0 Å². The normalized spacial score (nSPS) is 17.0. The van der Waals surface area contributed by atoms with E-state index in [-0.39, 0.29) is 23.7 Å². The Balaban J connectivity index is 1.26. The monoisotopic (exact) mass is 644 g/mol. The van der Waals surface area contributed by atoms with Gasteiger partial charge in [0.05, 0.1) is 0 Å². The third kappa shape index (κ3) is 7.46. The zero-order valence-electron chi connectivity index (χ0n) is 27.9. The highest BCUT2D eigenvalue weighted by Gasteiger charge is 2.40. The second-order valence-electron chi connectivity index (χ2n) is 14.1. The molecule has 6 rings (SSSR count). The quantitative estimate of drug-likeness (QED) is 0.193. The number of fused-ring (bicyclic) bond motifs is 1. The van der Waals surface area contributed by atoms with Gasteiger partial charge in [0.15, 0.2) is 0 Å². The minimum Gasteiger partial charge on any atom is -0.480 e. The number of amides is 2. The lowest BCUT2D eigenvalue weighted by Crippen LogP contribution is -2.52. The summed E-state index contributed by atoms with van der Waals surface area (Å²) < 4.78 is 6.25. The van der Waals surface area contributed by atoms with Crippen LogP contribution in [-0.2, 0) is 32.6 Å². The SMILES string of the molecule is CC(C)(C)c1ccc(Oc2ccc3c(c2)C(C(=O)N[C@@H](Cc2ccc(-c4ccccc4)cc2)C(=O)O)N(C(=O)C2CCCC2)CC3)cc1. The Morgan fingerprint density at radius 1 is 0.854 bits per heavy atom. The Bertz CT molecular complexity index is 1750. The molecule has 0 saturated heterocycles. The Morgan fingerprint density at radius 2 is 1.50 bits per heavy atom. The summed E-state index contributed by atoms with van der Waals surface area (Å²) in [6.07, 6.45) is 4.32. The molecule has 7 nitrogen and oxygen atoms in total. The van der Waals surface area contributed by atoms with E-state index in [0.717, 1.165) is 47.9 Å². The molecule has 48 heavy (non-hydrogen) atoms. The first kappa shape index (κ1) is 33.0. The number of aliphatic carboxylic acids is 1. The molecule has 1 fully saturated rings. The molecular formula is C41H44N2O5. The second kappa shape index (κ2) is 14.1. The number of hydrogen-bond acceptors (Lipinski definition) is 4. The van der Waals surface area contributed by atoms with E-state index in [4.69, 9.17) is 4.74 Å². The van der Waals surface area contributed by atoms with E-state index in [1.165, 1.54) is 5.56 Å². The van der Waals surface area contributed by atoms with Crippen molar-refractivity contribution in [2.75, 3.05) is 6.54 Å². The molecule has 0 spiro atoms. The second-order valence-corrected chi connectivity index (χ2v) is 14.1. The van der Waals surface area contributed by atoms with Crippen molar-refractivity contribution < 1.29 is 24.2 Å². The molecule has 248 valence electrons. The topological polar surface area (TPSA) is 95.9 Å². The van der Waals surface area contributed by atoms with Crippen LogP contribution in [-0.4, -0.2) is 40.4 Å². The molecular weight excluding hydrogens is 600 g/mol. The molecule has 4 aromatic rings. The van der Waals surface area contributed by atoms with Crippen LogP contribution in [0.25, 0.3) is 11.1 Å². The number of ether oxygens (including phenoxy) is 1. The van der Waals surface area contributed by atoms with Gasteiger partial charge in [-0.1, -0.05) is 106 Å². The van der Waals surface area contributed by atoms with Crippen molar-refractivity contribution in [2.24, 2.45) is 5.92 Å². The molecule has 2 amide bonds. The van der Waals surface area contributed by atoms with Crippen LogP contribution in [0.3, 0.4) is 0 Å². The standard InChI is InChI=1S/C41H44N2O5/c1-41(2,3)32-18-21-33(22-19-32)48-34-20-17-30-23-24-43(39(45)31-11-7-8-12-31)37(35(30)26-34)38(44)42-36(40(46)47)25-27-13-15-29(16-14-27)28-9-5-4-6-10-28/h4-6,9-10,13-22,26,31,36-37H,7-8,11-12,23-25H2,1-3H3,(H,42,44)(H,46,47)/t36-,37?/m0/s1. The first-order chi connectivity index (χ1) is 23.1. The summed E-state index contributed by atoms with van der Waals surface area (Å²) in [6, 6.07) is 29.2. The Morgan fingerprint density at radius 3 is 2.15 bits per heavy atom. The highest BCUT2D eigenvalue weighted by atomic mass is 16.5. The number of nitrogens with zero attached hydrogens (tertiary/aromatic N) is 1. The maximum Gasteiger partial charge on any atom is 0.326 e. The van der Waals surface area contributed by atoms with Crippen LogP contribution in [0.1, 0.15) is 74.8 Å². The van der Waals surface area contributed by atoms with Crippen LogP contribution in [0.5, 0.6) is 11.5 Å². The Hall–Kier alpha value is -4.91. The molecule has 4 aromatic carbocycles. The molecule has 1 aliphatic heterocycles. The van der Waals surface area contributed by atoms with E-state index < -0.39 is 24.0 Å². The molecule has 2 N–H and O–H groups in total. The van der Waals surface area contributed by atoms with Gasteiger partial charge in [-0.2, -0.15) is 0 Å². The third-order valence-corrected chi connectivity index (χ3v) is 9.65. The smallest absolute Gasteiger partial charge is 0.326 e. The molecule has 1 unspecified atom stereocenters. The summed E-state index contributed by atoms with van der Waals surface area (Å²) >= 11 is 0. The summed E-state index contributed by atoms with van der Waals surface area (Å²) in [6.45, 7) is 6.87. The van der Waals surface area contributed by atoms with Crippen molar-refractivity contribution in [1.82, 2.24) is 10.2 Å². The van der Waals surface area contributed by atoms with Gasteiger partial charge in [-0.15, -0.1) is 0 Å². The summed E-state index contributed by atoms with van der Waals surface area (Å²) in [5, 5.41) is 13.0. The van der Waals surface area contributed by atoms with Crippen LogP contribution in [0.4, 0.5) is 0 Å². The highest BCUT2D eigenvalue weighted by molar-refractivity contribution is 5.92. The highest BCUT2D eigenvalue weighted by Crippen LogP contribution is 2.37. The summed E-state index contributed by atoms with van der Waals surface area (Å²) in [7, 11) is 0. The Kier molecular flexibility index (Phi) is 9.67. The molecule has 2 atom stereocenters. The maximum absolute atomic E-state index is 14.2. The molecule has 0 radical (unpaired) electrons. The van der Waals surface area contributed by atoms with Crippen molar-refractivity contribution in [3.05, 3.63) is 119 Å².